The maximum absolute atomic E-state index is 4.22. The van der Waals surface area contributed by atoms with Crippen LogP contribution in [0.15, 0.2) is 5.03 Å². The lowest BCUT2D eigenvalue weighted by Gasteiger charge is -1.84. The van der Waals surface area contributed by atoms with E-state index in [2.05, 4.69) is 55.1 Å². The molecule has 0 N–H and O–H groups in total. The van der Waals surface area contributed by atoms with Crippen LogP contribution in [0.2, 0.25) is 0 Å². The van der Waals surface area contributed by atoms with Crippen molar-refractivity contribution in [2.24, 2.45) is 0 Å². The van der Waals surface area contributed by atoms with Gasteiger partial charge in [-0.1, -0.05) is 0 Å². The van der Waals surface area contributed by atoms with Crippen LogP contribution in [-0.2, 0) is 0 Å². The molecule has 1 aromatic heterocycles. The van der Waals surface area contributed by atoms with Gasteiger partial charge in [-0.3, -0.25) is 0 Å². The molecule has 1 nitrogen and oxygen atoms in total. The molecule has 0 fully saturated rings. The quantitative estimate of drug-likeness (QED) is 0.689. The zero-order valence-corrected chi connectivity index (χ0v) is 10.5. The predicted molar refractivity (Wildman–Crippen MR) is 59.4 cm³/mol. The number of nitrogens with zero attached hydrogens (tertiary/aromatic N) is 1. The van der Waals surface area contributed by atoms with Gasteiger partial charge in [-0.2, -0.15) is 4.37 Å². The van der Waals surface area contributed by atoms with E-state index < -0.39 is 0 Å². The summed E-state index contributed by atoms with van der Waals surface area (Å²) in [5.74, 6) is 0. The van der Waals surface area contributed by atoms with E-state index in [0.29, 0.717) is 0 Å². The Morgan fingerprint density at radius 1 is 1.67 bits per heavy atom. The van der Waals surface area contributed by atoms with Crippen molar-refractivity contribution >= 4 is 64.3 Å². The summed E-state index contributed by atoms with van der Waals surface area (Å²) in [6.45, 7) is 2.09. The lowest BCUT2D eigenvalue weighted by Crippen LogP contribution is -1.69. The van der Waals surface area contributed by atoms with Gasteiger partial charge in [-0.25, -0.2) is 0 Å². The summed E-state index contributed by atoms with van der Waals surface area (Å²) in [4.78, 5) is 1.31. The van der Waals surface area contributed by atoms with Gasteiger partial charge < -0.3 is 0 Å². The van der Waals surface area contributed by atoms with Gasteiger partial charge in [0.1, 0.15) is 5.03 Å². The number of hydrogen-bond donors (Lipinski definition) is 0. The van der Waals surface area contributed by atoms with E-state index >= 15 is 0 Å². The molecule has 0 spiro atoms. The molecule has 9 heavy (non-hydrogen) atoms. The highest BCUT2D eigenvalue weighted by Crippen LogP contribution is 2.32. The van der Waals surface area contributed by atoms with Crippen LogP contribution in [0.4, 0.5) is 0 Å². The highest BCUT2D eigenvalue weighted by molar-refractivity contribution is 14.2. The first-order valence-corrected chi connectivity index (χ1v) is 7.37. The Kier molecular flexibility index (Phi) is 3.53. The normalized spacial score (nSPS) is 10.1. The Labute approximate surface area is 87.9 Å². The molecule has 0 aromatic carbocycles. The number of halogens is 2. The van der Waals surface area contributed by atoms with E-state index in [0.717, 1.165) is 5.03 Å². The molecule has 50 valence electrons. The first-order valence-electron chi connectivity index (χ1n) is 2.16. The van der Waals surface area contributed by atoms with Gasteiger partial charge in [-0.05, 0) is 50.0 Å². The standard InChI is InChI=1S/C4H3I2NS2/c1-2-3(5)4(8-6)7-9-2/h1H3. The summed E-state index contributed by atoms with van der Waals surface area (Å²) in [6.07, 6.45) is 0. The van der Waals surface area contributed by atoms with Crippen molar-refractivity contribution in [3.63, 3.8) is 0 Å². The molecule has 0 saturated heterocycles. The molecule has 1 aromatic rings. The molecule has 0 saturated carbocycles. The van der Waals surface area contributed by atoms with E-state index in [1.165, 1.54) is 8.45 Å². The second-order valence-corrected chi connectivity index (χ2v) is 5.35. The van der Waals surface area contributed by atoms with Crippen LogP contribution in [0, 0.1) is 10.5 Å². The average molecular weight is 383 g/mol. The van der Waals surface area contributed by atoms with Gasteiger partial charge in [-0.15, -0.1) is 0 Å². The predicted octanol–water partition coefficient (Wildman–Crippen LogP) is 3.50. The minimum absolute atomic E-state index is 1.15. The van der Waals surface area contributed by atoms with Crippen LogP contribution in [0.3, 0.4) is 0 Å². The molecule has 0 aliphatic rings. The fourth-order valence-corrected chi connectivity index (χ4v) is 4.94. The fraction of sp³-hybridized carbons (Fsp3) is 0.250. The molecule has 1 heterocycles. The zero-order chi connectivity index (χ0) is 6.85. The second kappa shape index (κ2) is 3.72. The van der Waals surface area contributed by atoms with Crippen molar-refractivity contribution in [2.45, 2.75) is 11.9 Å². The second-order valence-electron chi connectivity index (χ2n) is 1.44. The van der Waals surface area contributed by atoms with E-state index in [4.69, 9.17) is 0 Å². The van der Waals surface area contributed by atoms with Crippen LogP contribution in [0.5, 0.6) is 0 Å². The van der Waals surface area contributed by atoms with Crippen molar-refractivity contribution in [3.8, 4) is 0 Å². The minimum atomic E-state index is 1.15. The molecule has 0 unspecified atom stereocenters. The molecule has 5 heteroatoms. The van der Waals surface area contributed by atoms with Crippen LogP contribution >= 0.6 is 64.3 Å². The van der Waals surface area contributed by atoms with Gasteiger partial charge in [0.05, 0.1) is 3.57 Å². The van der Waals surface area contributed by atoms with E-state index in [1.54, 1.807) is 20.5 Å². The Balaban J connectivity index is 3.04. The van der Waals surface area contributed by atoms with Crippen molar-refractivity contribution in [1.82, 2.24) is 4.37 Å². The van der Waals surface area contributed by atoms with Gasteiger partial charge >= 0.3 is 0 Å². The van der Waals surface area contributed by atoms with Crippen LogP contribution in [0.25, 0.3) is 0 Å². The topological polar surface area (TPSA) is 12.9 Å². The largest absolute Gasteiger partial charge is 0.184 e. The smallest absolute Gasteiger partial charge is 0.134 e. The third-order valence-corrected chi connectivity index (χ3v) is 5.45. The molecular weight excluding hydrogens is 380 g/mol. The van der Waals surface area contributed by atoms with Gasteiger partial charge in [0.2, 0.25) is 0 Å². The summed E-state index contributed by atoms with van der Waals surface area (Å²) < 4.78 is 5.53. The van der Waals surface area contributed by atoms with Crippen molar-refractivity contribution in [1.29, 1.82) is 0 Å². The number of aryl methyl sites for hydroxylation is 1. The van der Waals surface area contributed by atoms with Crippen LogP contribution in [-0.4, -0.2) is 4.37 Å². The average Bonchev–Trinajstić information content (AvgIpc) is 2.15. The van der Waals surface area contributed by atoms with Crippen LogP contribution < -0.4 is 0 Å². The number of aromatic nitrogens is 1. The number of hydrogen-bond acceptors (Lipinski definition) is 3. The summed E-state index contributed by atoms with van der Waals surface area (Å²) in [7, 11) is 1.68. The number of rotatable bonds is 1. The molecule has 0 bridgehead atoms. The Morgan fingerprint density at radius 2 is 2.33 bits per heavy atom. The lowest BCUT2D eigenvalue weighted by molar-refractivity contribution is 1.26. The van der Waals surface area contributed by atoms with Gasteiger partial charge in [0, 0.05) is 26.1 Å². The first-order chi connectivity index (χ1) is 4.25. The van der Waals surface area contributed by atoms with Crippen molar-refractivity contribution in [3.05, 3.63) is 8.45 Å². The molecule has 0 aliphatic heterocycles. The van der Waals surface area contributed by atoms with E-state index in [1.807, 2.05) is 0 Å². The Morgan fingerprint density at radius 3 is 2.56 bits per heavy atom. The summed E-state index contributed by atoms with van der Waals surface area (Å²) in [6, 6.07) is 0. The third-order valence-electron chi connectivity index (χ3n) is 0.835. The zero-order valence-electron chi connectivity index (χ0n) is 4.52. The monoisotopic (exact) mass is 383 g/mol. The molecular formula is C4H3I2NS2. The molecule has 1 rings (SSSR count). The third kappa shape index (κ3) is 1.93. The summed E-state index contributed by atoms with van der Waals surface area (Å²) >= 11 is 6.14. The minimum Gasteiger partial charge on any atom is -0.184 e. The highest BCUT2D eigenvalue weighted by atomic mass is 127. The fourth-order valence-electron chi connectivity index (χ4n) is 0.389. The maximum atomic E-state index is 4.22. The molecule has 0 aliphatic carbocycles. The maximum Gasteiger partial charge on any atom is 0.134 e. The SMILES string of the molecule is Cc1snc(SI)c1I. The summed E-state index contributed by atoms with van der Waals surface area (Å²) in [5, 5.41) is 1.15. The summed E-state index contributed by atoms with van der Waals surface area (Å²) in [5.41, 5.74) is 0. The molecule has 0 radical (unpaired) electrons. The lowest BCUT2D eigenvalue weighted by atomic mass is 10.6. The van der Waals surface area contributed by atoms with E-state index in [-0.39, 0.29) is 0 Å². The van der Waals surface area contributed by atoms with Gasteiger partial charge in [0.15, 0.2) is 0 Å². The Bertz CT molecular complexity index is 210. The first kappa shape index (κ1) is 8.54. The van der Waals surface area contributed by atoms with Crippen molar-refractivity contribution in [2.75, 3.05) is 0 Å². The molecule has 0 atom stereocenters. The highest BCUT2D eigenvalue weighted by Gasteiger charge is 2.05. The van der Waals surface area contributed by atoms with Crippen LogP contribution in [0.1, 0.15) is 4.88 Å². The van der Waals surface area contributed by atoms with Crippen molar-refractivity contribution < 1.29 is 0 Å². The Hall–Kier alpha value is 1.44. The van der Waals surface area contributed by atoms with E-state index in [9.17, 15) is 0 Å². The molecule has 0 amide bonds. The van der Waals surface area contributed by atoms with Gasteiger partial charge in [0.25, 0.3) is 0 Å².